The van der Waals surface area contributed by atoms with E-state index in [9.17, 15) is 19.8 Å². The highest BCUT2D eigenvalue weighted by atomic mass is 16.4. The van der Waals surface area contributed by atoms with Gasteiger partial charge in [-0.05, 0) is 31.6 Å². The molecule has 3 atom stereocenters. The largest absolute Gasteiger partial charge is 0.481 e. The first kappa shape index (κ1) is 28.0. The van der Waals surface area contributed by atoms with Crippen LogP contribution < -0.4 is 0 Å². The summed E-state index contributed by atoms with van der Waals surface area (Å²) in [4.78, 5) is 25.4. The molecule has 0 saturated heterocycles. The average molecular weight is 439 g/mol. The molecule has 0 amide bonds. The lowest BCUT2D eigenvalue weighted by Gasteiger charge is -2.50. The summed E-state index contributed by atoms with van der Waals surface area (Å²) in [5.74, 6) is -1.42. The Kier molecular flexibility index (Phi) is 13.4. The summed E-state index contributed by atoms with van der Waals surface area (Å²) in [5.41, 5.74) is -2.20. The van der Waals surface area contributed by atoms with Crippen molar-refractivity contribution in [2.24, 2.45) is 16.7 Å². The Bertz CT molecular complexity index is 517. The molecule has 0 aromatic carbocycles. The normalized spacial score (nSPS) is 24.7. The zero-order valence-electron chi connectivity index (χ0n) is 20.7. The molecule has 0 aromatic heterocycles. The molecule has 1 fully saturated rings. The van der Waals surface area contributed by atoms with Crippen LogP contribution in [-0.2, 0) is 9.59 Å². The first-order valence-corrected chi connectivity index (χ1v) is 13.4. The van der Waals surface area contributed by atoms with Crippen molar-refractivity contribution in [3.63, 3.8) is 0 Å². The van der Waals surface area contributed by atoms with Gasteiger partial charge in [0, 0.05) is 0 Å². The third-order valence-corrected chi connectivity index (χ3v) is 8.08. The molecule has 3 unspecified atom stereocenters. The average Bonchev–Trinajstić information content (AvgIpc) is 2.75. The Hall–Kier alpha value is -1.06. The van der Waals surface area contributed by atoms with Gasteiger partial charge in [0.1, 0.15) is 0 Å². The highest BCUT2D eigenvalue weighted by Crippen LogP contribution is 2.58. The monoisotopic (exact) mass is 438 g/mol. The Morgan fingerprint density at radius 2 is 1.19 bits per heavy atom. The Morgan fingerprint density at radius 3 is 1.68 bits per heavy atom. The van der Waals surface area contributed by atoms with E-state index >= 15 is 0 Å². The molecular weight excluding hydrogens is 388 g/mol. The smallest absolute Gasteiger partial charge is 0.310 e. The molecule has 4 heteroatoms. The van der Waals surface area contributed by atoms with Crippen LogP contribution in [0, 0.1) is 16.7 Å². The van der Waals surface area contributed by atoms with Crippen LogP contribution in [0.4, 0.5) is 0 Å². The van der Waals surface area contributed by atoms with Crippen molar-refractivity contribution in [2.75, 3.05) is 0 Å². The number of carboxylic acid groups (broad SMARTS) is 2. The summed E-state index contributed by atoms with van der Waals surface area (Å²) in [5, 5.41) is 20.8. The molecule has 4 nitrogen and oxygen atoms in total. The van der Waals surface area contributed by atoms with Crippen LogP contribution >= 0.6 is 0 Å². The van der Waals surface area contributed by atoms with Gasteiger partial charge in [-0.1, -0.05) is 117 Å². The number of carbonyl (C=O) groups is 2. The van der Waals surface area contributed by atoms with E-state index in [1.807, 2.05) is 0 Å². The van der Waals surface area contributed by atoms with E-state index in [1.54, 1.807) is 0 Å². The molecule has 0 aromatic rings. The van der Waals surface area contributed by atoms with Crippen molar-refractivity contribution < 1.29 is 19.8 Å². The van der Waals surface area contributed by atoms with Gasteiger partial charge in [-0.15, -0.1) is 0 Å². The highest BCUT2D eigenvalue weighted by Gasteiger charge is 2.61. The van der Waals surface area contributed by atoms with Gasteiger partial charge in [-0.2, -0.15) is 0 Å². The minimum absolute atomic E-state index is 0.302. The van der Waals surface area contributed by atoms with Gasteiger partial charge >= 0.3 is 11.9 Å². The molecule has 1 aliphatic carbocycles. The highest BCUT2D eigenvalue weighted by molar-refractivity contribution is 5.87. The summed E-state index contributed by atoms with van der Waals surface area (Å²) < 4.78 is 0. The molecule has 2 N–H and O–H groups in total. The van der Waals surface area contributed by atoms with Crippen LogP contribution in [-0.4, -0.2) is 22.2 Å². The quantitative estimate of drug-likeness (QED) is 0.211. The third-order valence-electron chi connectivity index (χ3n) is 8.08. The first-order chi connectivity index (χ1) is 14.9. The van der Waals surface area contributed by atoms with Crippen molar-refractivity contribution in [3.05, 3.63) is 0 Å². The van der Waals surface area contributed by atoms with Crippen molar-refractivity contribution >= 4 is 11.9 Å². The number of aliphatic carboxylic acids is 2. The first-order valence-electron chi connectivity index (χ1n) is 13.4. The minimum atomic E-state index is -1.11. The fourth-order valence-corrected chi connectivity index (χ4v) is 5.98. The predicted molar refractivity (Wildman–Crippen MR) is 128 cm³/mol. The molecule has 0 heterocycles. The number of hydrogen-bond donors (Lipinski definition) is 2. The molecule has 182 valence electrons. The van der Waals surface area contributed by atoms with E-state index in [1.165, 1.54) is 38.5 Å². The summed E-state index contributed by atoms with van der Waals surface area (Å²) in [6.45, 7) is 6.51. The molecule has 31 heavy (non-hydrogen) atoms. The van der Waals surface area contributed by atoms with Crippen LogP contribution in [0.2, 0.25) is 0 Å². The fraction of sp³-hybridized carbons (Fsp3) is 0.926. The van der Waals surface area contributed by atoms with Crippen LogP contribution in [0.3, 0.4) is 0 Å². The topological polar surface area (TPSA) is 74.6 Å². The van der Waals surface area contributed by atoms with Gasteiger partial charge in [0.05, 0.1) is 10.8 Å². The lowest BCUT2D eigenvalue weighted by atomic mass is 9.51. The Morgan fingerprint density at radius 1 is 0.710 bits per heavy atom. The Labute approximate surface area is 191 Å². The summed E-state index contributed by atoms with van der Waals surface area (Å²) in [7, 11) is 0. The van der Waals surface area contributed by atoms with Gasteiger partial charge in [0.25, 0.3) is 0 Å². The number of rotatable bonds is 18. The van der Waals surface area contributed by atoms with Crippen molar-refractivity contribution in [3.8, 4) is 0 Å². The second kappa shape index (κ2) is 14.9. The van der Waals surface area contributed by atoms with Crippen molar-refractivity contribution in [1.29, 1.82) is 0 Å². The molecule has 0 radical (unpaired) electrons. The van der Waals surface area contributed by atoms with E-state index < -0.39 is 22.8 Å². The maximum Gasteiger partial charge on any atom is 0.310 e. The van der Waals surface area contributed by atoms with Crippen molar-refractivity contribution in [1.82, 2.24) is 0 Å². The van der Waals surface area contributed by atoms with Crippen molar-refractivity contribution in [2.45, 2.75) is 143 Å². The molecular formula is C27H50O4. The fourth-order valence-electron chi connectivity index (χ4n) is 5.98. The van der Waals surface area contributed by atoms with Crippen LogP contribution in [0.1, 0.15) is 143 Å². The molecule has 0 spiro atoms. The van der Waals surface area contributed by atoms with Gasteiger partial charge < -0.3 is 10.2 Å². The zero-order chi connectivity index (χ0) is 23.2. The minimum Gasteiger partial charge on any atom is -0.481 e. The van der Waals surface area contributed by atoms with E-state index in [0.29, 0.717) is 31.6 Å². The van der Waals surface area contributed by atoms with E-state index in [0.717, 1.165) is 57.8 Å². The second-order valence-electron chi connectivity index (χ2n) is 10.2. The van der Waals surface area contributed by atoms with E-state index in [2.05, 4.69) is 20.8 Å². The second-order valence-corrected chi connectivity index (χ2v) is 10.2. The van der Waals surface area contributed by atoms with E-state index in [-0.39, 0.29) is 0 Å². The van der Waals surface area contributed by atoms with Crippen LogP contribution in [0.25, 0.3) is 0 Å². The summed E-state index contributed by atoms with van der Waals surface area (Å²) in [6.07, 6.45) is 18.6. The lowest BCUT2D eigenvalue weighted by molar-refractivity contribution is -0.184. The zero-order valence-corrected chi connectivity index (χ0v) is 20.7. The summed E-state index contributed by atoms with van der Waals surface area (Å²) in [6, 6.07) is 0. The van der Waals surface area contributed by atoms with Crippen LogP contribution in [0.15, 0.2) is 0 Å². The molecule has 0 aliphatic heterocycles. The molecule has 0 bridgehead atoms. The number of unbranched alkanes of at least 4 members (excludes halogenated alkanes) is 9. The van der Waals surface area contributed by atoms with E-state index in [4.69, 9.17) is 0 Å². The number of carboxylic acids is 2. The van der Waals surface area contributed by atoms with Gasteiger partial charge in [0.15, 0.2) is 0 Å². The maximum absolute atomic E-state index is 12.7. The van der Waals surface area contributed by atoms with Gasteiger partial charge in [-0.25, -0.2) is 0 Å². The van der Waals surface area contributed by atoms with Gasteiger partial charge in [-0.3, -0.25) is 9.59 Å². The van der Waals surface area contributed by atoms with Crippen LogP contribution in [0.5, 0.6) is 0 Å². The molecule has 1 aliphatic rings. The molecule has 1 rings (SSSR count). The third kappa shape index (κ3) is 7.79. The number of hydrogen-bond acceptors (Lipinski definition) is 2. The standard InChI is InChI=1S/C27H50O4/c1-4-7-9-10-11-12-13-14-15-19-26(24(28)29)20-16-17-21-27(26,25(30)31)22-23(6-3)18-8-5-2/h23H,4-22H2,1-3H3,(H,28,29)(H,30,31). The lowest BCUT2D eigenvalue weighted by Crippen LogP contribution is -2.55. The molecule has 1 saturated carbocycles. The summed E-state index contributed by atoms with van der Waals surface area (Å²) >= 11 is 0. The SMILES string of the molecule is CCCCCCCCCCCC1(C(=O)O)CCCCC1(CC(CC)CCCC)C(=O)O. The van der Waals surface area contributed by atoms with Gasteiger partial charge in [0.2, 0.25) is 0 Å². The predicted octanol–water partition coefficient (Wildman–Crippen LogP) is 8.23. The Balaban J connectivity index is 2.84. The maximum atomic E-state index is 12.7.